The second kappa shape index (κ2) is 7.73. The molecule has 0 unspecified atom stereocenters. The van der Waals surface area contributed by atoms with Crippen molar-refractivity contribution in [3.8, 4) is 0 Å². The third kappa shape index (κ3) is 3.62. The molecule has 0 aliphatic carbocycles. The van der Waals surface area contributed by atoms with E-state index in [1.807, 2.05) is 0 Å². The van der Waals surface area contributed by atoms with Crippen LogP contribution >= 0.6 is 0 Å². The fourth-order valence-electron chi connectivity index (χ4n) is 2.66. The van der Waals surface area contributed by atoms with Crippen LogP contribution in [0.5, 0.6) is 0 Å². The summed E-state index contributed by atoms with van der Waals surface area (Å²) in [7, 11) is 0. The van der Waals surface area contributed by atoms with E-state index in [4.69, 9.17) is 0 Å². The Kier molecular flexibility index (Phi) is 5.68. The standard InChI is InChI=1S/C19H21NO4/c1-3-4-5-6-11-15(21)17-16(22)12-20(19(17)24)18(23)14-10-8-7-9-13(14)2/h3,7-10,21H,1,4-6,11-12H2,2H3/b17-15-. The molecule has 0 aromatic heterocycles. The zero-order valence-electron chi connectivity index (χ0n) is 13.7. The van der Waals surface area contributed by atoms with Crippen molar-refractivity contribution in [2.45, 2.75) is 32.6 Å². The van der Waals surface area contributed by atoms with Crippen molar-refractivity contribution < 1.29 is 19.5 Å². The Balaban J connectivity index is 2.18. The summed E-state index contributed by atoms with van der Waals surface area (Å²) >= 11 is 0. The average Bonchev–Trinajstić information content (AvgIpc) is 2.86. The number of aliphatic hydroxyl groups is 1. The van der Waals surface area contributed by atoms with E-state index in [1.165, 1.54) is 0 Å². The van der Waals surface area contributed by atoms with E-state index in [1.54, 1.807) is 37.3 Å². The molecule has 1 aromatic rings. The summed E-state index contributed by atoms with van der Waals surface area (Å²) in [6.45, 7) is 5.06. The molecule has 1 saturated heterocycles. The molecule has 2 amide bonds. The normalized spacial score (nSPS) is 16.5. The van der Waals surface area contributed by atoms with Crippen molar-refractivity contribution in [2.75, 3.05) is 6.54 Å². The van der Waals surface area contributed by atoms with Gasteiger partial charge in [-0.15, -0.1) is 6.58 Å². The SMILES string of the molecule is C=CCCCC/C(O)=C1\C(=O)CN(C(=O)c2ccccc2C)C1=O. The number of carbonyl (C=O) groups is 3. The highest BCUT2D eigenvalue weighted by Gasteiger charge is 2.40. The molecular formula is C19H21NO4. The molecule has 0 atom stereocenters. The minimum Gasteiger partial charge on any atom is -0.511 e. The maximum Gasteiger partial charge on any atom is 0.268 e. The molecule has 1 heterocycles. The van der Waals surface area contributed by atoms with Crippen molar-refractivity contribution in [3.05, 3.63) is 59.4 Å². The number of imide groups is 1. The molecule has 0 radical (unpaired) electrons. The van der Waals surface area contributed by atoms with E-state index in [-0.39, 0.29) is 24.3 Å². The number of hydrogen-bond donors (Lipinski definition) is 1. The molecule has 0 saturated carbocycles. The predicted molar refractivity (Wildman–Crippen MR) is 90.5 cm³/mol. The van der Waals surface area contributed by atoms with E-state index < -0.39 is 17.6 Å². The first-order valence-electron chi connectivity index (χ1n) is 7.95. The number of amides is 2. The Hall–Kier alpha value is -2.69. The summed E-state index contributed by atoms with van der Waals surface area (Å²) in [6.07, 6.45) is 4.29. The van der Waals surface area contributed by atoms with Gasteiger partial charge in [-0.1, -0.05) is 24.3 Å². The third-order valence-corrected chi connectivity index (χ3v) is 4.02. The largest absolute Gasteiger partial charge is 0.511 e. The summed E-state index contributed by atoms with van der Waals surface area (Å²) in [5.74, 6) is -1.97. The van der Waals surface area contributed by atoms with E-state index in [0.717, 1.165) is 23.3 Å². The van der Waals surface area contributed by atoms with Crippen molar-refractivity contribution in [2.24, 2.45) is 0 Å². The number of hydrogen-bond acceptors (Lipinski definition) is 4. The van der Waals surface area contributed by atoms with Gasteiger partial charge in [-0.3, -0.25) is 19.3 Å². The van der Waals surface area contributed by atoms with Gasteiger partial charge in [-0.25, -0.2) is 0 Å². The lowest BCUT2D eigenvalue weighted by atomic mass is 10.1. The van der Waals surface area contributed by atoms with Gasteiger partial charge in [0.25, 0.3) is 11.8 Å². The molecule has 2 rings (SSSR count). The molecule has 126 valence electrons. The first kappa shape index (κ1) is 17.7. The quantitative estimate of drug-likeness (QED) is 0.218. The van der Waals surface area contributed by atoms with Crippen molar-refractivity contribution >= 4 is 17.6 Å². The maximum atomic E-state index is 12.5. The number of benzene rings is 1. The molecule has 5 nitrogen and oxygen atoms in total. The smallest absolute Gasteiger partial charge is 0.268 e. The molecule has 24 heavy (non-hydrogen) atoms. The van der Waals surface area contributed by atoms with Gasteiger partial charge in [0.05, 0.1) is 6.54 Å². The van der Waals surface area contributed by atoms with Crippen molar-refractivity contribution in [3.63, 3.8) is 0 Å². The Morgan fingerprint density at radius 1 is 1.29 bits per heavy atom. The number of aryl methyl sites for hydroxylation is 1. The van der Waals surface area contributed by atoms with Crippen LogP contribution in [0.1, 0.15) is 41.6 Å². The second-order valence-corrected chi connectivity index (χ2v) is 5.79. The molecule has 1 aromatic carbocycles. The van der Waals surface area contributed by atoms with E-state index in [0.29, 0.717) is 12.0 Å². The van der Waals surface area contributed by atoms with Gasteiger partial charge < -0.3 is 5.11 Å². The first-order chi connectivity index (χ1) is 11.5. The summed E-state index contributed by atoms with van der Waals surface area (Å²) in [6, 6.07) is 6.88. The van der Waals surface area contributed by atoms with Crippen LogP contribution in [0.15, 0.2) is 48.3 Å². The highest BCUT2D eigenvalue weighted by molar-refractivity contribution is 6.30. The van der Waals surface area contributed by atoms with Crippen LogP contribution in [0.3, 0.4) is 0 Å². The van der Waals surface area contributed by atoms with Gasteiger partial charge >= 0.3 is 0 Å². The van der Waals surface area contributed by atoms with Gasteiger partial charge in [-0.2, -0.15) is 0 Å². The molecule has 5 heteroatoms. The lowest BCUT2D eigenvalue weighted by molar-refractivity contribution is -0.122. The molecule has 1 N–H and O–H groups in total. The van der Waals surface area contributed by atoms with Gasteiger partial charge in [0.15, 0.2) is 5.78 Å². The van der Waals surface area contributed by atoms with E-state index >= 15 is 0 Å². The predicted octanol–water partition coefficient (Wildman–Crippen LogP) is 3.11. The van der Waals surface area contributed by atoms with Crippen LogP contribution in [0.2, 0.25) is 0 Å². The topological polar surface area (TPSA) is 74.7 Å². The second-order valence-electron chi connectivity index (χ2n) is 5.79. The van der Waals surface area contributed by atoms with E-state index in [9.17, 15) is 19.5 Å². The molecular weight excluding hydrogens is 306 g/mol. The Morgan fingerprint density at radius 2 is 2.00 bits per heavy atom. The average molecular weight is 327 g/mol. The molecule has 1 aliphatic rings. The zero-order valence-corrected chi connectivity index (χ0v) is 13.7. The number of allylic oxidation sites excluding steroid dienone is 2. The Morgan fingerprint density at radius 3 is 2.67 bits per heavy atom. The Bertz CT molecular complexity index is 718. The van der Waals surface area contributed by atoms with Crippen LogP contribution in [-0.2, 0) is 9.59 Å². The molecule has 0 bridgehead atoms. The highest BCUT2D eigenvalue weighted by Crippen LogP contribution is 2.23. The van der Waals surface area contributed by atoms with E-state index in [2.05, 4.69) is 6.58 Å². The first-order valence-corrected chi connectivity index (χ1v) is 7.95. The number of carbonyl (C=O) groups excluding carboxylic acids is 3. The number of ketones is 1. The number of aliphatic hydroxyl groups excluding tert-OH is 1. The number of likely N-dealkylation sites (tertiary alicyclic amines) is 1. The summed E-state index contributed by atoms with van der Waals surface area (Å²) in [4.78, 5) is 38.0. The summed E-state index contributed by atoms with van der Waals surface area (Å²) in [5, 5.41) is 10.1. The van der Waals surface area contributed by atoms with Crippen LogP contribution in [0.25, 0.3) is 0 Å². The fourth-order valence-corrected chi connectivity index (χ4v) is 2.66. The highest BCUT2D eigenvalue weighted by atomic mass is 16.3. The lowest BCUT2D eigenvalue weighted by Crippen LogP contribution is -2.33. The van der Waals surface area contributed by atoms with Gasteiger partial charge in [0.1, 0.15) is 11.3 Å². The maximum absolute atomic E-state index is 12.5. The van der Waals surface area contributed by atoms with Crippen molar-refractivity contribution in [1.29, 1.82) is 0 Å². The van der Waals surface area contributed by atoms with Crippen LogP contribution in [0.4, 0.5) is 0 Å². The number of unbranched alkanes of at least 4 members (excludes halogenated alkanes) is 2. The monoisotopic (exact) mass is 327 g/mol. The fraction of sp³-hybridized carbons (Fsp3) is 0.316. The van der Waals surface area contributed by atoms with Crippen LogP contribution < -0.4 is 0 Å². The van der Waals surface area contributed by atoms with Crippen molar-refractivity contribution in [1.82, 2.24) is 4.90 Å². The third-order valence-electron chi connectivity index (χ3n) is 4.02. The summed E-state index contributed by atoms with van der Waals surface area (Å²) < 4.78 is 0. The minimum atomic E-state index is -0.713. The molecule has 1 fully saturated rings. The van der Waals surface area contributed by atoms with Gasteiger partial charge in [-0.05, 0) is 37.8 Å². The number of Topliss-reactive ketones (excluding diaryl/α,β-unsaturated/α-hetero) is 1. The number of nitrogens with zero attached hydrogens (tertiary/aromatic N) is 1. The summed E-state index contributed by atoms with van der Waals surface area (Å²) in [5.41, 5.74) is 0.856. The zero-order chi connectivity index (χ0) is 17.7. The van der Waals surface area contributed by atoms with Crippen LogP contribution in [-0.4, -0.2) is 34.1 Å². The van der Waals surface area contributed by atoms with Crippen LogP contribution in [0, 0.1) is 6.92 Å². The van der Waals surface area contributed by atoms with Gasteiger partial charge in [0.2, 0.25) is 0 Å². The molecule has 1 aliphatic heterocycles. The van der Waals surface area contributed by atoms with Gasteiger partial charge in [0, 0.05) is 12.0 Å². The molecule has 0 spiro atoms. The number of rotatable bonds is 6. The lowest BCUT2D eigenvalue weighted by Gasteiger charge is -2.14. The Labute approximate surface area is 141 Å². The minimum absolute atomic E-state index is 0.228.